The zero-order chi connectivity index (χ0) is 24.8. The number of nitrogens with one attached hydrogen (secondary N) is 1. The fourth-order valence-electron chi connectivity index (χ4n) is 3.54. The minimum Gasteiger partial charge on any atom is -0.496 e. The second-order valence-electron chi connectivity index (χ2n) is 7.51. The van der Waals surface area contributed by atoms with E-state index in [0.29, 0.717) is 17.7 Å². The number of carbonyl (C=O) groups is 1. The summed E-state index contributed by atoms with van der Waals surface area (Å²) in [6.45, 7) is 2.05. The highest BCUT2D eigenvalue weighted by molar-refractivity contribution is 6.07. The van der Waals surface area contributed by atoms with E-state index in [0.717, 1.165) is 17.4 Å². The van der Waals surface area contributed by atoms with E-state index in [4.69, 9.17) is 10.5 Å². The number of hydrogen-bond acceptors (Lipinski definition) is 7. The highest BCUT2D eigenvalue weighted by Gasteiger charge is 2.27. The molecule has 0 atom stereocenters. The van der Waals surface area contributed by atoms with E-state index in [1.807, 2.05) is 6.92 Å². The lowest BCUT2D eigenvalue weighted by Crippen LogP contribution is -2.41. The molecule has 0 saturated heterocycles. The van der Waals surface area contributed by atoms with Crippen molar-refractivity contribution in [2.24, 2.45) is 0 Å². The van der Waals surface area contributed by atoms with Crippen molar-refractivity contribution in [1.29, 1.82) is 0 Å². The van der Waals surface area contributed by atoms with Crippen LogP contribution in [0.2, 0.25) is 0 Å². The van der Waals surface area contributed by atoms with Crippen LogP contribution in [0.4, 0.5) is 17.2 Å². The molecule has 34 heavy (non-hydrogen) atoms. The van der Waals surface area contributed by atoms with Gasteiger partial charge in [-0.1, -0.05) is 37.6 Å². The Hall–Kier alpha value is -4.41. The second kappa shape index (κ2) is 10.5. The Balaban J connectivity index is 2.21. The molecule has 1 heterocycles. The molecule has 1 aromatic heterocycles. The molecule has 0 radical (unpaired) electrons. The second-order valence-corrected chi connectivity index (χ2v) is 7.51. The molecular formula is C23H25N5O6. The predicted octanol–water partition coefficient (Wildman–Crippen LogP) is 2.68. The van der Waals surface area contributed by atoms with Gasteiger partial charge in [0.25, 0.3) is 17.2 Å². The van der Waals surface area contributed by atoms with Crippen molar-refractivity contribution < 1.29 is 14.5 Å². The third-order valence-corrected chi connectivity index (χ3v) is 5.29. The smallest absolute Gasteiger partial charge is 0.330 e. The molecule has 178 valence electrons. The quantitative estimate of drug-likeness (QED) is 0.362. The summed E-state index contributed by atoms with van der Waals surface area (Å²) < 4.78 is 6.58. The van der Waals surface area contributed by atoms with Crippen LogP contribution in [-0.2, 0) is 13.1 Å². The molecule has 0 aliphatic heterocycles. The zero-order valence-electron chi connectivity index (χ0n) is 18.8. The van der Waals surface area contributed by atoms with E-state index in [9.17, 15) is 24.5 Å². The van der Waals surface area contributed by atoms with Crippen LogP contribution in [-0.4, -0.2) is 27.5 Å². The van der Waals surface area contributed by atoms with Crippen LogP contribution in [0.1, 0.15) is 35.7 Å². The fourth-order valence-corrected chi connectivity index (χ4v) is 3.54. The van der Waals surface area contributed by atoms with Gasteiger partial charge in [-0.25, -0.2) is 4.79 Å². The lowest BCUT2D eigenvalue weighted by molar-refractivity contribution is -0.384. The van der Waals surface area contributed by atoms with Crippen LogP contribution in [0.15, 0.2) is 58.1 Å². The number of rotatable bonds is 9. The number of nitro groups is 1. The summed E-state index contributed by atoms with van der Waals surface area (Å²) in [5.41, 5.74) is 4.77. The molecule has 0 aliphatic carbocycles. The van der Waals surface area contributed by atoms with Gasteiger partial charge in [0.15, 0.2) is 5.69 Å². The van der Waals surface area contributed by atoms with Gasteiger partial charge in [0.1, 0.15) is 11.6 Å². The van der Waals surface area contributed by atoms with Crippen molar-refractivity contribution in [3.05, 3.63) is 90.6 Å². The van der Waals surface area contributed by atoms with E-state index in [1.54, 1.807) is 24.3 Å². The molecule has 3 rings (SSSR count). The molecule has 0 unspecified atom stereocenters. The number of aromatic amines is 1. The Kier molecular flexibility index (Phi) is 7.46. The van der Waals surface area contributed by atoms with Crippen molar-refractivity contribution >= 4 is 23.1 Å². The number of nitrogens with two attached hydrogens (primary N) is 1. The first-order valence-corrected chi connectivity index (χ1v) is 10.6. The lowest BCUT2D eigenvalue weighted by Gasteiger charge is -2.25. The SMILES string of the molecule is CCCCn1c(N)c(N(Cc2ccccc2OC)C(=O)c2cccc([N+](=O)[O-])c2)c(=O)[nH]c1=O. The first-order chi connectivity index (χ1) is 16.3. The van der Waals surface area contributed by atoms with Crippen molar-refractivity contribution in [2.45, 2.75) is 32.9 Å². The standard InChI is InChI=1S/C23H25N5O6/c1-3-4-12-26-20(24)19(21(29)25-23(26)31)27(14-16-8-5-6-11-18(16)34-2)22(30)15-9-7-10-17(13-15)28(32)33/h5-11,13H,3-4,12,14,24H2,1-2H3,(H,25,29,31). The van der Waals surface area contributed by atoms with Crippen LogP contribution >= 0.6 is 0 Å². The first-order valence-electron chi connectivity index (χ1n) is 10.6. The highest BCUT2D eigenvalue weighted by Crippen LogP contribution is 2.27. The number of nitro benzene ring substituents is 1. The van der Waals surface area contributed by atoms with Crippen LogP contribution < -0.4 is 26.6 Å². The maximum atomic E-state index is 13.6. The van der Waals surface area contributed by atoms with Crippen molar-refractivity contribution in [1.82, 2.24) is 9.55 Å². The number of H-pyrrole nitrogens is 1. The minimum atomic E-state index is -0.844. The number of aromatic nitrogens is 2. The number of hydrogen-bond donors (Lipinski definition) is 2. The Morgan fingerprint density at radius 2 is 1.94 bits per heavy atom. The summed E-state index contributed by atoms with van der Waals surface area (Å²) in [6.07, 6.45) is 1.40. The number of nitrogen functional groups attached to an aromatic ring is 1. The summed E-state index contributed by atoms with van der Waals surface area (Å²) in [7, 11) is 1.47. The molecule has 0 aliphatic rings. The van der Waals surface area contributed by atoms with Crippen LogP contribution in [0, 0.1) is 10.1 Å². The molecule has 3 N–H and O–H groups in total. The van der Waals surface area contributed by atoms with Crippen LogP contribution in [0.25, 0.3) is 0 Å². The van der Waals surface area contributed by atoms with Gasteiger partial charge in [-0.3, -0.25) is 34.2 Å². The fraction of sp³-hybridized carbons (Fsp3) is 0.261. The van der Waals surface area contributed by atoms with E-state index in [2.05, 4.69) is 4.98 Å². The Morgan fingerprint density at radius 1 is 1.21 bits per heavy atom. The summed E-state index contributed by atoms with van der Waals surface area (Å²) in [5.74, 6) is -0.406. The average molecular weight is 467 g/mol. The van der Waals surface area contributed by atoms with Gasteiger partial charge in [-0.05, 0) is 18.6 Å². The third kappa shape index (κ3) is 4.98. The maximum absolute atomic E-state index is 13.6. The van der Waals surface area contributed by atoms with Gasteiger partial charge >= 0.3 is 5.69 Å². The number of anilines is 2. The molecule has 11 heteroatoms. The zero-order valence-corrected chi connectivity index (χ0v) is 18.8. The molecule has 2 aromatic carbocycles. The van der Waals surface area contributed by atoms with Gasteiger partial charge in [0.2, 0.25) is 0 Å². The van der Waals surface area contributed by atoms with Crippen LogP contribution in [0.3, 0.4) is 0 Å². The number of amides is 1. The topological polar surface area (TPSA) is 154 Å². The first kappa shape index (κ1) is 24.2. The lowest BCUT2D eigenvalue weighted by atomic mass is 10.1. The van der Waals surface area contributed by atoms with Crippen molar-refractivity contribution in [3.63, 3.8) is 0 Å². The van der Waals surface area contributed by atoms with Crippen molar-refractivity contribution in [3.8, 4) is 5.75 Å². The Labute approximate surface area is 194 Å². The number of ether oxygens (including phenoxy) is 1. The number of carbonyl (C=O) groups excluding carboxylic acids is 1. The third-order valence-electron chi connectivity index (χ3n) is 5.29. The number of non-ortho nitro benzene ring substituents is 1. The maximum Gasteiger partial charge on any atom is 0.330 e. The molecule has 0 bridgehead atoms. The van der Waals surface area contributed by atoms with Gasteiger partial charge in [0, 0.05) is 29.8 Å². The highest BCUT2D eigenvalue weighted by atomic mass is 16.6. The summed E-state index contributed by atoms with van der Waals surface area (Å²) >= 11 is 0. The van der Waals surface area contributed by atoms with E-state index < -0.39 is 22.1 Å². The molecule has 11 nitrogen and oxygen atoms in total. The molecule has 0 saturated carbocycles. The van der Waals surface area contributed by atoms with E-state index in [-0.39, 0.29) is 35.8 Å². The molecule has 1 amide bonds. The number of nitrogens with zero attached hydrogens (tertiary/aromatic N) is 3. The van der Waals surface area contributed by atoms with Crippen LogP contribution in [0.5, 0.6) is 5.75 Å². The average Bonchev–Trinajstić information content (AvgIpc) is 2.83. The van der Waals surface area contributed by atoms with E-state index >= 15 is 0 Å². The van der Waals surface area contributed by atoms with E-state index in [1.165, 1.54) is 29.9 Å². The van der Waals surface area contributed by atoms with Crippen molar-refractivity contribution in [2.75, 3.05) is 17.7 Å². The number of methoxy groups -OCH3 is 1. The van der Waals surface area contributed by atoms with Gasteiger partial charge in [-0.15, -0.1) is 0 Å². The number of unbranched alkanes of at least 4 members (excludes halogenated alkanes) is 1. The molecule has 0 spiro atoms. The Morgan fingerprint density at radius 3 is 2.62 bits per heavy atom. The molecule has 0 fully saturated rings. The number of benzene rings is 2. The van der Waals surface area contributed by atoms with Gasteiger partial charge < -0.3 is 10.5 Å². The Bertz CT molecular complexity index is 1330. The minimum absolute atomic E-state index is 0.0193. The molecular weight excluding hydrogens is 442 g/mol. The monoisotopic (exact) mass is 467 g/mol. The van der Waals surface area contributed by atoms with Gasteiger partial charge in [-0.2, -0.15) is 0 Å². The predicted molar refractivity (Wildman–Crippen MR) is 127 cm³/mol. The summed E-state index contributed by atoms with van der Waals surface area (Å²) in [5, 5.41) is 11.2. The van der Waals surface area contributed by atoms with Gasteiger partial charge in [0.05, 0.1) is 18.6 Å². The molecule has 3 aromatic rings. The number of para-hydroxylation sites is 1. The summed E-state index contributed by atoms with van der Waals surface area (Å²) in [6, 6.07) is 12.1. The largest absolute Gasteiger partial charge is 0.496 e. The summed E-state index contributed by atoms with van der Waals surface area (Å²) in [4.78, 5) is 52.8. The normalized spacial score (nSPS) is 10.6.